The van der Waals surface area contributed by atoms with Gasteiger partial charge in [-0.3, -0.25) is 0 Å². The van der Waals surface area contributed by atoms with Crippen LogP contribution in [0.25, 0.3) is 6.08 Å². The highest BCUT2D eigenvalue weighted by atomic mass is 15.4. The monoisotopic (exact) mass is 408 g/mol. The second-order valence-corrected chi connectivity index (χ2v) is 8.79. The van der Waals surface area contributed by atoms with Gasteiger partial charge in [0, 0.05) is 23.8 Å². The SMILES string of the molecule is Cc1cc(C)c(N2C=CN(c3c(C)cc(C)cc3C)C2C=Cc2ccccc2)c(C)c1. The molecule has 0 unspecified atom stereocenters. The normalized spacial score (nSPS) is 14.3. The summed E-state index contributed by atoms with van der Waals surface area (Å²) in [5.41, 5.74) is 11.6. The molecule has 0 fully saturated rings. The molecule has 0 radical (unpaired) electrons. The summed E-state index contributed by atoms with van der Waals surface area (Å²) in [6, 6.07) is 19.6. The lowest BCUT2D eigenvalue weighted by molar-refractivity contribution is 0.813. The summed E-state index contributed by atoms with van der Waals surface area (Å²) < 4.78 is 0. The zero-order chi connectivity index (χ0) is 22.1. The third kappa shape index (κ3) is 4.16. The van der Waals surface area contributed by atoms with E-state index in [0.717, 1.165) is 0 Å². The van der Waals surface area contributed by atoms with Crippen molar-refractivity contribution in [1.29, 1.82) is 0 Å². The van der Waals surface area contributed by atoms with Gasteiger partial charge in [0.2, 0.25) is 0 Å². The van der Waals surface area contributed by atoms with E-state index in [1.165, 1.54) is 50.3 Å². The molecule has 4 rings (SSSR count). The van der Waals surface area contributed by atoms with E-state index < -0.39 is 0 Å². The minimum Gasteiger partial charge on any atom is -0.321 e. The van der Waals surface area contributed by atoms with Gasteiger partial charge >= 0.3 is 0 Å². The van der Waals surface area contributed by atoms with Gasteiger partial charge in [0.1, 0.15) is 6.17 Å². The van der Waals surface area contributed by atoms with Crippen molar-refractivity contribution < 1.29 is 0 Å². The molecule has 31 heavy (non-hydrogen) atoms. The van der Waals surface area contributed by atoms with Crippen LogP contribution < -0.4 is 9.80 Å². The van der Waals surface area contributed by atoms with Gasteiger partial charge in [0.05, 0.1) is 0 Å². The Morgan fingerprint density at radius 3 is 1.45 bits per heavy atom. The molecule has 2 heteroatoms. The van der Waals surface area contributed by atoms with Crippen LogP contribution in [0.5, 0.6) is 0 Å². The summed E-state index contributed by atoms with van der Waals surface area (Å²) in [5, 5.41) is 0. The molecule has 0 amide bonds. The second kappa shape index (κ2) is 8.47. The molecule has 0 spiro atoms. The van der Waals surface area contributed by atoms with E-state index in [9.17, 15) is 0 Å². The molecule has 0 aliphatic carbocycles. The summed E-state index contributed by atoms with van der Waals surface area (Å²) in [5.74, 6) is 0. The molecule has 2 nitrogen and oxygen atoms in total. The Bertz CT molecular complexity index is 1040. The van der Waals surface area contributed by atoms with Crippen LogP contribution >= 0.6 is 0 Å². The first-order chi connectivity index (χ1) is 14.8. The van der Waals surface area contributed by atoms with E-state index in [-0.39, 0.29) is 6.17 Å². The van der Waals surface area contributed by atoms with Crippen LogP contribution in [0.1, 0.15) is 38.9 Å². The van der Waals surface area contributed by atoms with Crippen molar-refractivity contribution >= 4 is 17.5 Å². The van der Waals surface area contributed by atoms with Crippen LogP contribution in [-0.2, 0) is 0 Å². The highest BCUT2D eigenvalue weighted by Gasteiger charge is 2.30. The number of hydrogen-bond acceptors (Lipinski definition) is 2. The largest absolute Gasteiger partial charge is 0.321 e. The number of hydrogen-bond donors (Lipinski definition) is 0. The number of rotatable bonds is 4. The molecule has 0 N–H and O–H groups in total. The van der Waals surface area contributed by atoms with Gasteiger partial charge < -0.3 is 9.80 Å². The van der Waals surface area contributed by atoms with Crippen LogP contribution in [0.3, 0.4) is 0 Å². The molecule has 3 aromatic carbocycles. The molecule has 1 aliphatic rings. The number of nitrogens with zero attached hydrogens (tertiary/aromatic N) is 2. The summed E-state index contributed by atoms with van der Waals surface area (Å²) in [6.07, 6.45) is 9.06. The van der Waals surface area contributed by atoms with E-state index in [0.29, 0.717) is 0 Å². The van der Waals surface area contributed by atoms with Crippen LogP contribution in [0.2, 0.25) is 0 Å². The maximum Gasteiger partial charge on any atom is 0.129 e. The lowest BCUT2D eigenvalue weighted by Crippen LogP contribution is -2.38. The highest BCUT2D eigenvalue weighted by molar-refractivity contribution is 5.72. The van der Waals surface area contributed by atoms with Crippen molar-refractivity contribution in [2.24, 2.45) is 0 Å². The van der Waals surface area contributed by atoms with Crippen molar-refractivity contribution in [1.82, 2.24) is 0 Å². The van der Waals surface area contributed by atoms with Crippen molar-refractivity contribution in [3.8, 4) is 0 Å². The fourth-order valence-electron chi connectivity index (χ4n) is 4.97. The van der Waals surface area contributed by atoms with Crippen molar-refractivity contribution in [3.05, 3.63) is 112 Å². The van der Waals surface area contributed by atoms with E-state index in [1.807, 2.05) is 0 Å². The third-order valence-corrected chi connectivity index (χ3v) is 6.01. The molecule has 3 aromatic rings. The Morgan fingerprint density at radius 1 is 0.613 bits per heavy atom. The van der Waals surface area contributed by atoms with Gasteiger partial charge in [-0.1, -0.05) is 71.8 Å². The average molecular weight is 409 g/mol. The molecule has 0 atom stereocenters. The highest BCUT2D eigenvalue weighted by Crippen LogP contribution is 2.37. The summed E-state index contributed by atoms with van der Waals surface area (Å²) in [4.78, 5) is 4.81. The minimum absolute atomic E-state index is 0.0698. The van der Waals surface area contributed by atoms with Gasteiger partial charge in [-0.15, -0.1) is 0 Å². The minimum atomic E-state index is 0.0698. The quantitative estimate of drug-likeness (QED) is 0.444. The van der Waals surface area contributed by atoms with Crippen LogP contribution in [0, 0.1) is 41.5 Å². The van der Waals surface area contributed by atoms with Crippen molar-refractivity contribution in [2.45, 2.75) is 47.7 Å². The fraction of sp³-hybridized carbons (Fsp3) is 0.241. The lowest BCUT2D eigenvalue weighted by atomic mass is 10.0. The molecule has 0 aromatic heterocycles. The zero-order valence-electron chi connectivity index (χ0n) is 19.5. The zero-order valence-corrected chi connectivity index (χ0v) is 19.5. The molecule has 0 saturated heterocycles. The predicted molar refractivity (Wildman–Crippen MR) is 135 cm³/mol. The Hall–Kier alpha value is -3.26. The Labute approximate surface area is 187 Å². The topological polar surface area (TPSA) is 6.48 Å². The van der Waals surface area contributed by atoms with Gasteiger partial charge in [-0.25, -0.2) is 0 Å². The van der Waals surface area contributed by atoms with E-state index in [2.05, 4.69) is 130 Å². The number of aryl methyl sites for hydroxylation is 6. The first-order valence-corrected chi connectivity index (χ1v) is 11.0. The standard InChI is InChI=1S/C29H32N2/c1-20-16-22(3)28(23(4)17-20)30-14-15-31(29-24(5)18-21(2)19-25(29)6)27(30)13-12-26-10-8-7-9-11-26/h7-19,27H,1-6H3. The number of anilines is 2. The predicted octanol–water partition coefficient (Wildman–Crippen LogP) is 7.37. The first-order valence-electron chi connectivity index (χ1n) is 11.0. The van der Waals surface area contributed by atoms with E-state index >= 15 is 0 Å². The third-order valence-electron chi connectivity index (χ3n) is 6.01. The Morgan fingerprint density at radius 2 is 1.03 bits per heavy atom. The molecular weight excluding hydrogens is 376 g/mol. The second-order valence-electron chi connectivity index (χ2n) is 8.79. The molecule has 1 heterocycles. The van der Waals surface area contributed by atoms with Crippen molar-refractivity contribution in [3.63, 3.8) is 0 Å². The van der Waals surface area contributed by atoms with Crippen molar-refractivity contribution in [2.75, 3.05) is 9.80 Å². The average Bonchev–Trinajstić information content (AvgIpc) is 3.08. The molecule has 0 bridgehead atoms. The summed E-state index contributed by atoms with van der Waals surface area (Å²) >= 11 is 0. The fourth-order valence-corrected chi connectivity index (χ4v) is 4.97. The Balaban J connectivity index is 1.82. The maximum absolute atomic E-state index is 2.41. The first kappa shape index (κ1) is 21.0. The van der Waals surface area contributed by atoms with Crippen LogP contribution in [0.15, 0.2) is 73.1 Å². The molecule has 158 valence electrons. The van der Waals surface area contributed by atoms with E-state index in [1.54, 1.807) is 0 Å². The maximum atomic E-state index is 2.41. The lowest BCUT2D eigenvalue weighted by Gasteiger charge is -2.34. The summed E-state index contributed by atoms with van der Waals surface area (Å²) in [7, 11) is 0. The smallest absolute Gasteiger partial charge is 0.129 e. The van der Waals surface area contributed by atoms with Gasteiger partial charge in [-0.2, -0.15) is 0 Å². The van der Waals surface area contributed by atoms with E-state index in [4.69, 9.17) is 0 Å². The molecular formula is C29H32N2. The van der Waals surface area contributed by atoms with Gasteiger partial charge in [0.15, 0.2) is 0 Å². The Kier molecular flexibility index (Phi) is 5.73. The van der Waals surface area contributed by atoms with Gasteiger partial charge in [0.25, 0.3) is 0 Å². The number of benzene rings is 3. The van der Waals surface area contributed by atoms with Crippen LogP contribution in [0.4, 0.5) is 11.4 Å². The van der Waals surface area contributed by atoms with Crippen LogP contribution in [-0.4, -0.2) is 6.17 Å². The van der Waals surface area contributed by atoms with Gasteiger partial charge in [-0.05, 0) is 75.4 Å². The molecule has 0 saturated carbocycles. The summed E-state index contributed by atoms with van der Waals surface area (Å²) in [6.45, 7) is 13.2. The molecule has 1 aliphatic heterocycles.